The Morgan fingerprint density at radius 2 is 0.500 bits per heavy atom. The van der Waals surface area contributed by atoms with Gasteiger partial charge in [0, 0.05) is 25.7 Å². The predicted octanol–water partition coefficient (Wildman–Crippen LogP) is 22.9. The Labute approximate surface area is 588 Å². The Morgan fingerprint density at radius 3 is 0.740 bits per heavy atom. The summed E-state index contributed by atoms with van der Waals surface area (Å²) in [5.41, 5.74) is 0. The fraction of sp³-hybridized carbons (Fsp3) is 0.948. The second kappa shape index (κ2) is 70.1. The van der Waals surface area contributed by atoms with Crippen LogP contribution in [0.25, 0.3) is 0 Å². The molecule has 0 spiro atoms. The molecule has 0 aliphatic rings. The zero-order chi connectivity index (χ0) is 70.5. The summed E-state index contributed by atoms with van der Waals surface area (Å²) in [6, 6.07) is 0. The van der Waals surface area contributed by atoms with Gasteiger partial charge in [-0.05, 0) is 31.6 Å². The van der Waals surface area contributed by atoms with Crippen LogP contribution >= 0.6 is 15.6 Å². The van der Waals surface area contributed by atoms with E-state index in [1.807, 2.05) is 0 Å². The molecule has 19 heteroatoms. The first-order valence-electron chi connectivity index (χ1n) is 40.2. The summed E-state index contributed by atoms with van der Waals surface area (Å²) in [6.07, 6.45) is 59.7. The number of phosphoric acid groups is 2. The van der Waals surface area contributed by atoms with Crippen LogP contribution in [-0.4, -0.2) is 96.7 Å². The Morgan fingerprint density at radius 1 is 0.292 bits per heavy atom. The molecule has 0 rings (SSSR count). The monoisotopic (exact) mass is 1410 g/mol. The van der Waals surface area contributed by atoms with Gasteiger partial charge in [0.2, 0.25) is 0 Å². The van der Waals surface area contributed by atoms with Gasteiger partial charge in [0.05, 0.1) is 26.4 Å². The van der Waals surface area contributed by atoms with Crippen LogP contribution in [0.5, 0.6) is 0 Å². The number of aliphatic hydroxyl groups excluding tert-OH is 1. The number of hydrogen-bond acceptors (Lipinski definition) is 15. The highest BCUT2D eigenvalue weighted by atomic mass is 31.2. The lowest BCUT2D eigenvalue weighted by Gasteiger charge is -2.21. The maximum Gasteiger partial charge on any atom is 0.472 e. The van der Waals surface area contributed by atoms with Crippen LogP contribution in [-0.2, 0) is 65.4 Å². The normalized spacial score (nSPS) is 14.2. The van der Waals surface area contributed by atoms with E-state index in [0.717, 1.165) is 109 Å². The van der Waals surface area contributed by atoms with Crippen molar-refractivity contribution in [1.29, 1.82) is 0 Å². The third-order valence-corrected chi connectivity index (χ3v) is 20.3. The van der Waals surface area contributed by atoms with Crippen molar-refractivity contribution in [1.82, 2.24) is 0 Å². The number of hydrogen-bond donors (Lipinski definition) is 3. The first-order valence-corrected chi connectivity index (χ1v) is 43.2. The average molecular weight is 1410 g/mol. The summed E-state index contributed by atoms with van der Waals surface area (Å²) in [4.78, 5) is 72.7. The van der Waals surface area contributed by atoms with E-state index in [2.05, 4.69) is 34.6 Å². The Bertz CT molecular complexity index is 1840. The number of rotatable bonds is 77. The van der Waals surface area contributed by atoms with Crippen LogP contribution in [0.3, 0.4) is 0 Å². The molecule has 3 N–H and O–H groups in total. The van der Waals surface area contributed by atoms with E-state index in [4.69, 9.17) is 37.0 Å². The number of ether oxygens (including phenoxy) is 4. The van der Waals surface area contributed by atoms with Gasteiger partial charge in [-0.3, -0.25) is 37.3 Å². The van der Waals surface area contributed by atoms with Crippen molar-refractivity contribution in [2.75, 3.05) is 39.6 Å². The lowest BCUT2D eigenvalue weighted by Crippen LogP contribution is -2.30. The van der Waals surface area contributed by atoms with Crippen LogP contribution in [0.4, 0.5) is 0 Å². The molecule has 0 saturated carbocycles. The number of carbonyl (C=O) groups is 4. The molecule has 0 aromatic rings. The Hall–Kier alpha value is -1.94. The highest BCUT2D eigenvalue weighted by Gasteiger charge is 2.30. The Balaban J connectivity index is 5.19. The second-order valence-electron chi connectivity index (χ2n) is 28.0. The molecule has 6 atom stereocenters. The van der Waals surface area contributed by atoms with E-state index in [1.54, 1.807) is 0 Å². The predicted molar refractivity (Wildman–Crippen MR) is 391 cm³/mol. The van der Waals surface area contributed by atoms with Gasteiger partial charge in [-0.2, -0.15) is 0 Å². The van der Waals surface area contributed by atoms with Crippen LogP contribution in [0.1, 0.15) is 407 Å². The van der Waals surface area contributed by atoms with Crippen molar-refractivity contribution in [3.8, 4) is 0 Å². The maximum atomic E-state index is 13.1. The van der Waals surface area contributed by atoms with Gasteiger partial charge in [-0.1, -0.05) is 356 Å². The molecule has 0 aromatic heterocycles. The third-order valence-electron chi connectivity index (χ3n) is 18.4. The van der Waals surface area contributed by atoms with Gasteiger partial charge in [-0.25, -0.2) is 9.13 Å². The molecule has 0 aromatic carbocycles. The molecule has 96 heavy (non-hydrogen) atoms. The molecule has 0 heterocycles. The molecule has 0 fully saturated rings. The lowest BCUT2D eigenvalue weighted by atomic mass is 9.99. The molecular formula is C77H150O17P2. The van der Waals surface area contributed by atoms with Crippen molar-refractivity contribution in [2.24, 2.45) is 5.92 Å². The van der Waals surface area contributed by atoms with Gasteiger partial charge in [-0.15, -0.1) is 0 Å². The Kier molecular flexibility index (Phi) is 68.7. The van der Waals surface area contributed by atoms with E-state index >= 15 is 0 Å². The van der Waals surface area contributed by atoms with E-state index in [9.17, 15) is 43.2 Å². The van der Waals surface area contributed by atoms with Gasteiger partial charge < -0.3 is 33.8 Å². The fourth-order valence-corrected chi connectivity index (χ4v) is 13.4. The zero-order valence-corrected chi connectivity index (χ0v) is 64.3. The summed E-state index contributed by atoms with van der Waals surface area (Å²) in [7, 11) is -9.91. The lowest BCUT2D eigenvalue weighted by molar-refractivity contribution is -0.161. The number of esters is 4. The van der Waals surface area contributed by atoms with Gasteiger partial charge in [0.15, 0.2) is 12.2 Å². The largest absolute Gasteiger partial charge is 0.472 e. The van der Waals surface area contributed by atoms with Crippen LogP contribution in [0.15, 0.2) is 0 Å². The first-order chi connectivity index (χ1) is 46.6. The van der Waals surface area contributed by atoms with Crippen molar-refractivity contribution in [3.63, 3.8) is 0 Å². The molecular weight excluding hydrogens is 1260 g/mol. The summed E-state index contributed by atoms with van der Waals surface area (Å²) >= 11 is 0. The molecule has 0 radical (unpaired) electrons. The highest BCUT2D eigenvalue weighted by molar-refractivity contribution is 7.47. The molecule has 17 nitrogen and oxygen atoms in total. The molecule has 0 saturated heterocycles. The van der Waals surface area contributed by atoms with Crippen molar-refractivity contribution in [2.45, 2.75) is 425 Å². The minimum Gasteiger partial charge on any atom is -0.462 e. The second-order valence-corrected chi connectivity index (χ2v) is 30.9. The van der Waals surface area contributed by atoms with Crippen molar-refractivity contribution in [3.05, 3.63) is 0 Å². The van der Waals surface area contributed by atoms with Crippen LogP contribution < -0.4 is 0 Å². The average Bonchev–Trinajstić information content (AvgIpc) is 1.17. The van der Waals surface area contributed by atoms with Crippen molar-refractivity contribution >= 4 is 39.5 Å². The molecule has 0 bridgehead atoms. The number of aliphatic hydroxyl groups is 1. The minimum atomic E-state index is -4.96. The summed E-state index contributed by atoms with van der Waals surface area (Å²) < 4.78 is 68.5. The van der Waals surface area contributed by atoms with E-state index in [-0.39, 0.29) is 25.7 Å². The molecule has 0 amide bonds. The molecule has 0 aliphatic carbocycles. The summed E-state index contributed by atoms with van der Waals surface area (Å²) in [5, 5.41) is 10.6. The smallest absolute Gasteiger partial charge is 0.462 e. The van der Waals surface area contributed by atoms with E-state index in [0.29, 0.717) is 25.7 Å². The van der Waals surface area contributed by atoms with E-state index in [1.165, 1.54) is 218 Å². The standard InChI is InChI=1S/C77H150O17P2/c1-6-10-13-16-19-21-23-25-26-27-28-29-34-37-41-46-51-56-61-75(80)88-67-73(94-77(82)63-58-53-48-43-39-35-31-30-33-36-40-45-49-54-59-70(5)9-4)69-92-96(85,86)90-65-71(78)64-89-95(83,84)91-68-72(66-87-74(79)60-55-50-44-18-15-12-8-3)93-76(81)62-57-52-47-42-38-32-24-22-20-17-14-11-7-2/h70-73,78H,6-69H2,1-5H3,(H,83,84)(H,85,86)/t70?,71-,72+,73+/m0/s1. The van der Waals surface area contributed by atoms with Crippen LogP contribution in [0.2, 0.25) is 0 Å². The summed E-state index contributed by atoms with van der Waals surface area (Å²) in [6.45, 7) is 7.32. The topological polar surface area (TPSA) is 237 Å². The van der Waals surface area contributed by atoms with Crippen LogP contribution in [0, 0.1) is 5.92 Å². The summed E-state index contributed by atoms with van der Waals surface area (Å²) in [5.74, 6) is -1.27. The zero-order valence-electron chi connectivity index (χ0n) is 62.5. The highest BCUT2D eigenvalue weighted by Crippen LogP contribution is 2.45. The molecule has 0 aliphatic heterocycles. The van der Waals surface area contributed by atoms with E-state index < -0.39 is 97.5 Å². The minimum absolute atomic E-state index is 0.108. The first kappa shape index (κ1) is 94.1. The van der Waals surface area contributed by atoms with Gasteiger partial charge in [0.25, 0.3) is 0 Å². The maximum absolute atomic E-state index is 13.1. The van der Waals surface area contributed by atoms with Crippen molar-refractivity contribution < 1.29 is 80.2 Å². The van der Waals surface area contributed by atoms with Gasteiger partial charge >= 0.3 is 39.5 Å². The van der Waals surface area contributed by atoms with Gasteiger partial charge in [0.1, 0.15) is 19.3 Å². The molecule has 570 valence electrons. The fourth-order valence-electron chi connectivity index (χ4n) is 11.8. The number of carbonyl (C=O) groups excluding carboxylic acids is 4. The SMILES string of the molecule is CCCCCCCCCCCCCCCCCCCCC(=O)OC[C@H](COP(=O)(O)OC[C@@H](O)COP(=O)(O)OC[C@@H](COC(=O)CCCCCCCCC)OC(=O)CCCCCCCCCCCCCCC)OC(=O)CCCCCCCCCCCCCCCCC(C)CC. The quantitative estimate of drug-likeness (QED) is 0.0222. The number of phosphoric ester groups is 2. The molecule has 3 unspecified atom stereocenters. The third kappa shape index (κ3) is 69.2. The number of unbranched alkanes of at least 4 members (excludes halogenated alkanes) is 48.